The zero-order chi connectivity index (χ0) is 14.2. The van der Waals surface area contributed by atoms with Gasteiger partial charge in [0.15, 0.2) is 0 Å². The minimum absolute atomic E-state index is 0.274. The monoisotopic (exact) mass is 279 g/mol. The van der Waals surface area contributed by atoms with Gasteiger partial charge in [0.05, 0.1) is 5.69 Å². The van der Waals surface area contributed by atoms with Crippen LogP contribution in [-0.2, 0) is 0 Å². The van der Waals surface area contributed by atoms with Crippen molar-refractivity contribution < 1.29 is 8.81 Å². The van der Waals surface area contributed by atoms with Crippen molar-refractivity contribution in [3.05, 3.63) is 67.1 Å². The number of rotatable bonds is 2. The van der Waals surface area contributed by atoms with Crippen LogP contribution in [-0.4, -0.2) is 14.4 Å². The third-order valence-electron chi connectivity index (χ3n) is 3.31. The second-order valence-electron chi connectivity index (χ2n) is 4.61. The summed E-state index contributed by atoms with van der Waals surface area (Å²) in [6.45, 7) is 0. The highest BCUT2D eigenvalue weighted by Gasteiger charge is 2.17. The zero-order valence-corrected chi connectivity index (χ0v) is 10.9. The van der Waals surface area contributed by atoms with Crippen LogP contribution in [0.5, 0.6) is 0 Å². The quantitative estimate of drug-likeness (QED) is 0.560. The van der Waals surface area contributed by atoms with Gasteiger partial charge < -0.3 is 4.42 Å². The molecule has 0 radical (unpaired) electrons. The summed E-state index contributed by atoms with van der Waals surface area (Å²) in [6, 6.07) is 10.1. The Kier molecular flexibility index (Phi) is 2.57. The molecule has 4 nitrogen and oxygen atoms in total. The van der Waals surface area contributed by atoms with E-state index in [4.69, 9.17) is 4.42 Å². The smallest absolute Gasteiger partial charge is 0.306 e. The van der Waals surface area contributed by atoms with Crippen LogP contribution in [0.2, 0.25) is 0 Å². The van der Waals surface area contributed by atoms with Gasteiger partial charge in [-0.1, -0.05) is 0 Å². The van der Waals surface area contributed by atoms with Crippen molar-refractivity contribution in [1.82, 2.24) is 14.4 Å². The lowest BCUT2D eigenvalue weighted by molar-refractivity contribution is 0.596. The van der Waals surface area contributed by atoms with Gasteiger partial charge in [-0.15, -0.1) is 0 Å². The number of hydrogen-bond donors (Lipinski definition) is 0. The molecule has 0 N–H and O–H groups in total. The molecule has 21 heavy (non-hydrogen) atoms. The number of benzene rings is 1. The number of nitrogens with zero attached hydrogens (tertiary/aromatic N) is 3. The lowest BCUT2D eigenvalue weighted by Gasteiger charge is -2.04. The fourth-order valence-corrected chi connectivity index (χ4v) is 2.37. The third kappa shape index (κ3) is 1.90. The molecule has 0 fully saturated rings. The normalized spacial score (nSPS) is 11.1. The molecule has 3 heterocycles. The Morgan fingerprint density at radius 1 is 1.05 bits per heavy atom. The second-order valence-corrected chi connectivity index (χ2v) is 4.61. The summed E-state index contributed by atoms with van der Waals surface area (Å²) in [5.74, 6) is 0.220. The Bertz CT molecular complexity index is 894. The first-order chi connectivity index (χ1) is 10.3. The predicted octanol–water partition coefficient (Wildman–Crippen LogP) is 3.80. The molecule has 0 bridgehead atoms. The summed E-state index contributed by atoms with van der Waals surface area (Å²) >= 11 is 0. The minimum atomic E-state index is -0.274. The van der Waals surface area contributed by atoms with Crippen LogP contribution in [0.3, 0.4) is 0 Å². The number of fused-ring (bicyclic) bond motifs is 1. The van der Waals surface area contributed by atoms with E-state index in [1.165, 1.54) is 12.1 Å². The van der Waals surface area contributed by atoms with E-state index < -0.39 is 0 Å². The molecule has 0 atom stereocenters. The van der Waals surface area contributed by atoms with Gasteiger partial charge in [-0.05, 0) is 36.4 Å². The fraction of sp³-hybridized carbons (Fsp3) is 0. The molecule has 0 aliphatic rings. The third-order valence-corrected chi connectivity index (χ3v) is 3.31. The van der Waals surface area contributed by atoms with Crippen molar-refractivity contribution in [1.29, 1.82) is 0 Å². The van der Waals surface area contributed by atoms with E-state index in [1.54, 1.807) is 37.0 Å². The summed E-state index contributed by atoms with van der Waals surface area (Å²) in [5, 5.41) is 0. The van der Waals surface area contributed by atoms with E-state index in [1.807, 2.05) is 16.5 Å². The van der Waals surface area contributed by atoms with Gasteiger partial charge in [0, 0.05) is 29.7 Å². The molecule has 0 aliphatic heterocycles. The first-order valence-electron chi connectivity index (χ1n) is 6.45. The van der Waals surface area contributed by atoms with Gasteiger partial charge in [-0.2, -0.15) is 4.98 Å². The summed E-state index contributed by atoms with van der Waals surface area (Å²) in [4.78, 5) is 8.64. The Morgan fingerprint density at radius 2 is 1.90 bits per heavy atom. The van der Waals surface area contributed by atoms with Crippen LogP contribution in [0.4, 0.5) is 4.39 Å². The van der Waals surface area contributed by atoms with E-state index in [0.29, 0.717) is 5.84 Å². The van der Waals surface area contributed by atoms with Gasteiger partial charge in [0.1, 0.15) is 17.8 Å². The average Bonchev–Trinajstić information content (AvgIpc) is 3.09. The lowest BCUT2D eigenvalue weighted by Crippen LogP contribution is -1.88. The van der Waals surface area contributed by atoms with E-state index in [0.717, 1.165) is 22.5 Å². The summed E-state index contributed by atoms with van der Waals surface area (Å²) < 4.78 is 20.3. The molecule has 4 rings (SSSR count). The molecule has 102 valence electrons. The largest absolute Gasteiger partial charge is 0.432 e. The number of halogens is 1. The average molecular weight is 279 g/mol. The molecule has 0 saturated heterocycles. The Morgan fingerprint density at radius 3 is 2.67 bits per heavy atom. The van der Waals surface area contributed by atoms with E-state index in [-0.39, 0.29) is 5.82 Å². The number of oxazole rings is 1. The molecule has 5 heteroatoms. The Labute approximate surface area is 119 Å². The summed E-state index contributed by atoms with van der Waals surface area (Å²) in [6.07, 6.45) is 6.87. The standard InChI is InChI=1S/C16H10FN3O/c17-13-5-3-11(4-6-13)14-15(12-2-1-7-18-10-12)20-8-9-21-16(20)19-14/h1-10H. The maximum atomic E-state index is 13.1. The SMILES string of the molecule is Fc1ccc(-c2nc3occn3c2-c2cccnc2)cc1. The molecule has 0 saturated carbocycles. The Balaban J connectivity index is 2.01. The molecule has 4 aromatic rings. The maximum absolute atomic E-state index is 13.1. The van der Waals surface area contributed by atoms with Crippen LogP contribution < -0.4 is 0 Å². The van der Waals surface area contributed by atoms with Gasteiger partial charge in [-0.3, -0.25) is 9.38 Å². The number of hydrogen-bond acceptors (Lipinski definition) is 3. The molecular formula is C16H10FN3O. The zero-order valence-electron chi connectivity index (χ0n) is 10.9. The van der Waals surface area contributed by atoms with Crippen molar-refractivity contribution in [2.24, 2.45) is 0 Å². The van der Waals surface area contributed by atoms with Crippen molar-refractivity contribution in [2.75, 3.05) is 0 Å². The number of imidazole rings is 1. The Hall–Kier alpha value is -2.95. The van der Waals surface area contributed by atoms with Gasteiger partial charge >= 0.3 is 5.84 Å². The van der Waals surface area contributed by atoms with Gasteiger partial charge in [0.2, 0.25) is 0 Å². The highest BCUT2D eigenvalue weighted by molar-refractivity contribution is 5.80. The van der Waals surface area contributed by atoms with Gasteiger partial charge in [0.25, 0.3) is 0 Å². The van der Waals surface area contributed by atoms with Crippen LogP contribution in [0.1, 0.15) is 0 Å². The van der Waals surface area contributed by atoms with E-state index >= 15 is 0 Å². The lowest BCUT2D eigenvalue weighted by atomic mass is 10.1. The highest BCUT2D eigenvalue weighted by atomic mass is 19.1. The molecule has 3 aromatic heterocycles. The molecule has 0 unspecified atom stereocenters. The maximum Gasteiger partial charge on any atom is 0.306 e. The number of aromatic nitrogens is 3. The molecule has 0 spiro atoms. The topological polar surface area (TPSA) is 43.3 Å². The van der Waals surface area contributed by atoms with Crippen LogP contribution in [0, 0.1) is 5.82 Å². The van der Waals surface area contributed by atoms with Crippen molar-refractivity contribution >= 4 is 5.84 Å². The molecule has 1 aromatic carbocycles. The highest BCUT2D eigenvalue weighted by Crippen LogP contribution is 2.32. The van der Waals surface area contributed by atoms with Crippen LogP contribution in [0.15, 0.2) is 65.7 Å². The van der Waals surface area contributed by atoms with E-state index in [2.05, 4.69) is 9.97 Å². The minimum Gasteiger partial charge on any atom is -0.432 e. The second kappa shape index (κ2) is 4.56. The summed E-state index contributed by atoms with van der Waals surface area (Å²) in [7, 11) is 0. The van der Waals surface area contributed by atoms with Crippen molar-refractivity contribution in [3.8, 4) is 22.5 Å². The van der Waals surface area contributed by atoms with E-state index in [9.17, 15) is 4.39 Å². The first kappa shape index (κ1) is 11.8. The van der Waals surface area contributed by atoms with Crippen LogP contribution in [0.25, 0.3) is 28.4 Å². The van der Waals surface area contributed by atoms with Gasteiger partial charge in [-0.25, -0.2) is 4.39 Å². The van der Waals surface area contributed by atoms with Crippen LogP contribution >= 0.6 is 0 Å². The van der Waals surface area contributed by atoms with Crippen molar-refractivity contribution in [2.45, 2.75) is 0 Å². The summed E-state index contributed by atoms with van der Waals surface area (Å²) in [5.41, 5.74) is 3.36. The number of pyridine rings is 1. The molecule has 0 aliphatic carbocycles. The molecule has 0 amide bonds. The molecular weight excluding hydrogens is 269 g/mol. The predicted molar refractivity (Wildman–Crippen MR) is 76.1 cm³/mol. The fourth-order valence-electron chi connectivity index (χ4n) is 2.37. The van der Waals surface area contributed by atoms with Crippen molar-refractivity contribution in [3.63, 3.8) is 0 Å². The first-order valence-corrected chi connectivity index (χ1v) is 6.45.